The molecule has 0 radical (unpaired) electrons. The standard InChI is InChI=1S/C29H35ClN4O6S/c1-40-19-18-32(41(38,39)27-15-13-25(14-16-27)34(36)37)22-29(35)33(24-9-3-2-4-10-24)21-26-11-7-17-31(26)20-23-8-5-6-12-28(23)30/h5-8,11-17,24H,2-4,9-10,18-22H2,1H3. The summed E-state index contributed by atoms with van der Waals surface area (Å²) < 4.78 is 35.4. The van der Waals surface area contributed by atoms with Crippen LogP contribution in [0.5, 0.6) is 0 Å². The van der Waals surface area contributed by atoms with Gasteiger partial charge in [-0.05, 0) is 48.7 Å². The second-order valence-electron chi connectivity index (χ2n) is 10.1. The van der Waals surface area contributed by atoms with Crippen LogP contribution in [0.3, 0.4) is 0 Å². The molecule has 4 rings (SSSR count). The third-order valence-electron chi connectivity index (χ3n) is 7.43. The maximum atomic E-state index is 13.9. The average molecular weight is 603 g/mol. The minimum absolute atomic E-state index is 0.00809. The number of methoxy groups -OCH3 is 1. The van der Waals surface area contributed by atoms with Crippen LogP contribution in [0.2, 0.25) is 5.02 Å². The van der Waals surface area contributed by atoms with Crippen LogP contribution in [0.4, 0.5) is 5.69 Å². The Labute approximate surface area is 245 Å². The van der Waals surface area contributed by atoms with Gasteiger partial charge in [0.05, 0.1) is 29.5 Å². The lowest BCUT2D eigenvalue weighted by Crippen LogP contribution is -2.48. The summed E-state index contributed by atoms with van der Waals surface area (Å²) in [5.41, 5.74) is 1.67. The quantitative estimate of drug-likeness (QED) is 0.199. The molecule has 12 heteroatoms. The number of non-ortho nitro benzene ring substituents is 1. The fourth-order valence-corrected chi connectivity index (χ4v) is 6.72. The molecule has 220 valence electrons. The van der Waals surface area contributed by atoms with Crippen molar-refractivity contribution in [2.24, 2.45) is 0 Å². The second-order valence-corrected chi connectivity index (χ2v) is 12.5. The van der Waals surface area contributed by atoms with E-state index in [-0.39, 0.29) is 42.2 Å². The van der Waals surface area contributed by atoms with Gasteiger partial charge in [0.15, 0.2) is 0 Å². The highest BCUT2D eigenvalue weighted by Gasteiger charge is 2.32. The number of amides is 1. The molecular weight excluding hydrogens is 568 g/mol. The first-order valence-corrected chi connectivity index (χ1v) is 15.4. The van der Waals surface area contributed by atoms with Gasteiger partial charge in [-0.15, -0.1) is 0 Å². The van der Waals surface area contributed by atoms with Gasteiger partial charge in [-0.1, -0.05) is 49.1 Å². The van der Waals surface area contributed by atoms with Crippen molar-refractivity contribution in [2.45, 2.75) is 56.1 Å². The number of nitrogens with zero attached hydrogens (tertiary/aromatic N) is 4. The number of sulfonamides is 1. The number of benzene rings is 2. The van der Waals surface area contributed by atoms with Gasteiger partial charge < -0.3 is 14.2 Å². The first kappa shape index (κ1) is 30.7. The largest absolute Gasteiger partial charge is 0.383 e. The lowest BCUT2D eigenvalue weighted by atomic mass is 9.94. The van der Waals surface area contributed by atoms with Gasteiger partial charge in [-0.2, -0.15) is 4.31 Å². The molecule has 0 atom stereocenters. The highest BCUT2D eigenvalue weighted by molar-refractivity contribution is 7.89. The smallest absolute Gasteiger partial charge is 0.269 e. The molecule has 1 heterocycles. The summed E-state index contributed by atoms with van der Waals surface area (Å²) >= 11 is 6.40. The Morgan fingerprint density at radius 3 is 2.44 bits per heavy atom. The SMILES string of the molecule is COCCN(CC(=O)N(Cc1cccn1Cc1ccccc1Cl)C1CCCCC1)S(=O)(=O)c1ccc([N+](=O)[O-])cc1. The van der Waals surface area contributed by atoms with Crippen LogP contribution in [0.1, 0.15) is 43.4 Å². The number of hydrogen-bond acceptors (Lipinski definition) is 6. The molecule has 1 amide bonds. The van der Waals surface area contributed by atoms with E-state index in [1.54, 1.807) is 0 Å². The third-order valence-corrected chi connectivity index (χ3v) is 9.66. The van der Waals surface area contributed by atoms with Crippen LogP contribution in [0.25, 0.3) is 0 Å². The topological polar surface area (TPSA) is 115 Å². The van der Waals surface area contributed by atoms with Crippen molar-refractivity contribution in [3.8, 4) is 0 Å². The van der Waals surface area contributed by atoms with E-state index in [2.05, 4.69) is 4.57 Å². The van der Waals surface area contributed by atoms with Crippen molar-refractivity contribution in [1.29, 1.82) is 0 Å². The van der Waals surface area contributed by atoms with Gasteiger partial charge in [0.1, 0.15) is 0 Å². The van der Waals surface area contributed by atoms with Crippen molar-refractivity contribution in [2.75, 3.05) is 26.8 Å². The normalized spacial score (nSPS) is 14.3. The number of halogens is 1. The summed E-state index contributed by atoms with van der Waals surface area (Å²) in [6, 6.07) is 16.2. The van der Waals surface area contributed by atoms with E-state index in [4.69, 9.17) is 16.3 Å². The monoisotopic (exact) mass is 602 g/mol. The van der Waals surface area contributed by atoms with E-state index in [0.717, 1.165) is 59.8 Å². The number of hydrogen-bond donors (Lipinski definition) is 0. The number of rotatable bonds is 13. The highest BCUT2D eigenvalue weighted by atomic mass is 35.5. The number of carbonyl (C=O) groups excluding carboxylic acids is 1. The van der Waals surface area contributed by atoms with Gasteiger partial charge in [0.25, 0.3) is 5.69 Å². The van der Waals surface area contributed by atoms with Crippen molar-refractivity contribution >= 4 is 33.2 Å². The molecule has 10 nitrogen and oxygen atoms in total. The van der Waals surface area contributed by atoms with Gasteiger partial charge in [0, 0.05) is 55.3 Å². The average Bonchev–Trinajstić information content (AvgIpc) is 3.41. The summed E-state index contributed by atoms with van der Waals surface area (Å²) in [4.78, 5) is 26.1. The van der Waals surface area contributed by atoms with E-state index >= 15 is 0 Å². The molecule has 1 aromatic heterocycles. The summed E-state index contributed by atoms with van der Waals surface area (Å²) in [5, 5.41) is 11.7. The Morgan fingerprint density at radius 1 is 1.07 bits per heavy atom. The van der Waals surface area contributed by atoms with E-state index in [0.29, 0.717) is 18.1 Å². The zero-order valence-electron chi connectivity index (χ0n) is 23.0. The maximum Gasteiger partial charge on any atom is 0.269 e. The van der Waals surface area contributed by atoms with E-state index in [1.165, 1.54) is 19.2 Å². The Kier molecular flexibility index (Phi) is 10.5. The summed E-state index contributed by atoms with van der Waals surface area (Å²) in [7, 11) is -2.67. The zero-order valence-corrected chi connectivity index (χ0v) is 24.6. The number of nitro groups is 1. The van der Waals surface area contributed by atoms with Crippen molar-refractivity contribution in [3.05, 3.63) is 93.3 Å². The van der Waals surface area contributed by atoms with Crippen LogP contribution >= 0.6 is 11.6 Å². The molecule has 0 bridgehead atoms. The van der Waals surface area contributed by atoms with Crippen LogP contribution in [-0.4, -0.2) is 65.9 Å². The van der Waals surface area contributed by atoms with Crippen LogP contribution in [0, 0.1) is 10.1 Å². The van der Waals surface area contributed by atoms with Crippen LogP contribution in [-0.2, 0) is 32.6 Å². The van der Waals surface area contributed by atoms with Crippen molar-refractivity contribution in [3.63, 3.8) is 0 Å². The van der Waals surface area contributed by atoms with E-state index in [9.17, 15) is 23.3 Å². The predicted molar refractivity (Wildman–Crippen MR) is 156 cm³/mol. The fraction of sp³-hybridized carbons (Fsp3) is 0.414. The third kappa shape index (κ3) is 7.73. The Morgan fingerprint density at radius 2 is 1.78 bits per heavy atom. The highest BCUT2D eigenvalue weighted by Crippen LogP contribution is 2.26. The minimum atomic E-state index is -4.13. The number of aromatic nitrogens is 1. The second kappa shape index (κ2) is 14.1. The summed E-state index contributed by atoms with van der Waals surface area (Å²) in [6.45, 7) is 0.552. The van der Waals surface area contributed by atoms with Crippen molar-refractivity contribution < 1.29 is 22.9 Å². The fourth-order valence-electron chi connectivity index (χ4n) is 5.15. The number of carbonyl (C=O) groups is 1. The molecule has 41 heavy (non-hydrogen) atoms. The lowest BCUT2D eigenvalue weighted by molar-refractivity contribution is -0.384. The molecular formula is C29H35ClN4O6S. The summed E-state index contributed by atoms with van der Waals surface area (Å²) in [6.07, 6.45) is 6.77. The first-order chi connectivity index (χ1) is 19.7. The van der Waals surface area contributed by atoms with Gasteiger partial charge in [-0.3, -0.25) is 14.9 Å². The molecule has 1 fully saturated rings. The Hall–Kier alpha value is -3.25. The van der Waals surface area contributed by atoms with E-state index < -0.39 is 14.9 Å². The maximum absolute atomic E-state index is 13.9. The predicted octanol–water partition coefficient (Wildman–Crippen LogP) is 5.10. The molecule has 0 unspecified atom stereocenters. The van der Waals surface area contributed by atoms with Crippen molar-refractivity contribution in [1.82, 2.24) is 13.8 Å². The van der Waals surface area contributed by atoms with Gasteiger partial charge >= 0.3 is 0 Å². The van der Waals surface area contributed by atoms with Crippen LogP contribution in [0.15, 0.2) is 71.8 Å². The molecule has 2 aromatic carbocycles. The molecule has 0 N–H and O–H groups in total. The lowest BCUT2D eigenvalue weighted by Gasteiger charge is -2.36. The molecule has 1 saturated carbocycles. The number of ether oxygens (including phenoxy) is 1. The first-order valence-electron chi connectivity index (χ1n) is 13.6. The molecule has 1 aliphatic rings. The van der Waals surface area contributed by atoms with E-state index in [1.807, 2.05) is 47.5 Å². The van der Waals surface area contributed by atoms with Gasteiger partial charge in [-0.25, -0.2) is 8.42 Å². The summed E-state index contributed by atoms with van der Waals surface area (Å²) in [5.74, 6) is -0.302. The molecule has 1 aliphatic carbocycles. The molecule has 3 aromatic rings. The van der Waals surface area contributed by atoms with Gasteiger partial charge in [0.2, 0.25) is 15.9 Å². The number of nitro benzene ring substituents is 1. The molecule has 0 saturated heterocycles. The molecule has 0 spiro atoms. The Balaban J connectivity index is 1.59. The zero-order chi connectivity index (χ0) is 29.4. The Bertz CT molecular complexity index is 1440. The molecule has 0 aliphatic heterocycles. The van der Waals surface area contributed by atoms with Crippen LogP contribution < -0.4 is 0 Å². The minimum Gasteiger partial charge on any atom is -0.383 e.